The van der Waals surface area contributed by atoms with Crippen LogP contribution in [0.15, 0.2) is 35.7 Å². The number of hydrogen-bond donors (Lipinski definition) is 1. The zero-order chi connectivity index (χ0) is 11.4. The first kappa shape index (κ1) is 11.0. The lowest BCUT2D eigenvalue weighted by molar-refractivity contribution is 0.415. The van der Waals surface area contributed by atoms with Crippen molar-refractivity contribution in [2.45, 2.75) is 6.92 Å². The highest BCUT2D eigenvalue weighted by molar-refractivity contribution is 7.14. The Morgan fingerprint density at radius 1 is 1.31 bits per heavy atom. The minimum absolute atomic E-state index is 0.899. The van der Waals surface area contributed by atoms with Crippen molar-refractivity contribution >= 4 is 17.0 Å². The molecule has 0 spiro atoms. The van der Waals surface area contributed by atoms with Crippen LogP contribution >= 0.6 is 11.3 Å². The summed E-state index contributed by atoms with van der Waals surface area (Å²) >= 11 is 1.74. The number of anilines is 1. The summed E-state index contributed by atoms with van der Waals surface area (Å²) in [6, 6.07) is 10.3. The Hall–Kier alpha value is -1.48. The van der Waals surface area contributed by atoms with Crippen molar-refractivity contribution in [3.63, 3.8) is 0 Å². The molecule has 0 bridgehead atoms. The van der Waals surface area contributed by atoms with Crippen molar-refractivity contribution in [1.82, 2.24) is 0 Å². The number of thiophene rings is 1. The van der Waals surface area contributed by atoms with E-state index in [0.717, 1.165) is 12.3 Å². The minimum atomic E-state index is 0.899. The highest BCUT2D eigenvalue weighted by atomic mass is 32.1. The molecule has 1 N–H and O–H groups in total. The van der Waals surface area contributed by atoms with Crippen LogP contribution < -0.4 is 10.1 Å². The Labute approximate surface area is 99.9 Å². The monoisotopic (exact) mass is 233 g/mol. The molecule has 3 heteroatoms. The van der Waals surface area contributed by atoms with E-state index in [2.05, 4.69) is 35.8 Å². The average molecular weight is 233 g/mol. The van der Waals surface area contributed by atoms with Gasteiger partial charge in [0.05, 0.1) is 7.11 Å². The van der Waals surface area contributed by atoms with Gasteiger partial charge in [-0.1, -0.05) is 12.1 Å². The summed E-state index contributed by atoms with van der Waals surface area (Å²) < 4.78 is 5.22. The maximum Gasteiger partial charge on any atom is 0.119 e. The van der Waals surface area contributed by atoms with Crippen molar-refractivity contribution in [2.75, 3.05) is 19.0 Å². The predicted molar refractivity (Wildman–Crippen MR) is 70.5 cm³/mol. The summed E-state index contributed by atoms with van der Waals surface area (Å²) in [7, 11) is 1.69. The summed E-state index contributed by atoms with van der Waals surface area (Å²) in [5.74, 6) is 0.899. The van der Waals surface area contributed by atoms with Gasteiger partial charge >= 0.3 is 0 Å². The molecule has 0 aliphatic heterocycles. The average Bonchev–Trinajstić information content (AvgIpc) is 2.78. The predicted octanol–water partition coefficient (Wildman–Crippen LogP) is 3.86. The molecule has 16 heavy (non-hydrogen) atoms. The second kappa shape index (κ2) is 5.03. The summed E-state index contributed by atoms with van der Waals surface area (Å²) in [5.41, 5.74) is 2.39. The zero-order valence-corrected chi connectivity index (χ0v) is 10.3. The van der Waals surface area contributed by atoms with Crippen molar-refractivity contribution in [3.05, 3.63) is 35.7 Å². The van der Waals surface area contributed by atoms with E-state index < -0.39 is 0 Å². The Balaban J connectivity index is 2.27. The van der Waals surface area contributed by atoms with E-state index >= 15 is 0 Å². The molecule has 1 aromatic carbocycles. The molecule has 0 unspecified atom stereocenters. The molecular formula is C13H15NOS. The first-order valence-electron chi connectivity index (χ1n) is 5.30. The van der Waals surface area contributed by atoms with Crippen molar-refractivity contribution in [1.29, 1.82) is 0 Å². The third kappa shape index (κ3) is 2.36. The number of methoxy groups -OCH3 is 1. The second-order valence-corrected chi connectivity index (χ2v) is 4.37. The fourth-order valence-corrected chi connectivity index (χ4v) is 2.42. The van der Waals surface area contributed by atoms with Crippen LogP contribution in [-0.2, 0) is 0 Å². The summed E-state index contributed by atoms with van der Waals surface area (Å²) in [6.45, 7) is 3.05. The Morgan fingerprint density at radius 2 is 2.19 bits per heavy atom. The Morgan fingerprint density at radius 3 is 2.94 bits per heavy atom. The molecule has 84 valence electrons. The van der Waals surface area contributed by atoms with Gasteiger partial charge < -0.3 is 10.1 Å². The van der Waals surface area contributed by atoms with E-state index in [1.54, 1.807) is 18.4 Å². The second-order valence-electron chi connectivity index (χ2n) is 3.46. The van der Waals surface area contributed by atoms with E-state index in [4.69, 9.17) is 4.74 Å². The Kier molecular flexibility index (Phi) is 3.47. The molecule has 0 amide bonds. The van der Waals surface area contributed by atoms with Gasteiger partial charge in [0.15, 0.2) is 0 Å². The molecule has 0 fully saturated rings. The van der Waals surface area contributed by atoms with Crippen molar-refractivity contribution in [3.8, 4) is 16.2 Å². The normalized spacial score (nSPS) is 10.1. The smallest absolute Gasteiger partial charge is 0.119 e. The van der Waals surface area contributed by atoms with Crippen LogP contribution in [0, 0.1) is 0 Å². The van der Waals surface area contributed by atoms with E-state index in [1.165, 1.54) is 16.1 Å². The van der Waals surface area contributed by atoms with Crippen molar-refractivity contribution < 1.29 is 4.74 Å². The first-order chi connectivity index (χ1) is 7.83. The van der Waals surface area contributed by atoms with Crippen LogP contribution in [0.1, 0.15) is 6.92 Å². The molecule has 0 radical (unpaired) electrons. The summed E-state index contributed by atoms with van der Waals surface area (Å²) in [4.78, 5) is 1.26. The van der Waals surface area contributed by atoms with Gasteiger partial charge in [-0.3, -0.25) is 0 Å². The minimum Gasteiger partial charge on any atom is -0.497 e. The summed E-state index contributed by atoms with van der Waals surface area (Å²) in [5, 5.41) is 5.44. The van der Waals surface area contributed by atoms with Gasteiger partial charge in [-0.05, 0) is 30.7 Å². The maximum atomic E-state index is 5.22. The molecule has 0 saturated carbocycles. The van der Waals surface area contributed by atoms with Crippen LogP contribution in [0.4, 0.5) is 5.69 Å². The van der Waals surface area contributed by atoms with Crippen LogP contribution in [-0.4, -0.2) is 13.7 Å². The third-order valence-corrected chi connectivity index (χ3v) is 3.31. The highest BCUT2D eigenvalue weighted by Gasteiger charge is 2.03. The zero-order valence-electron chi connectivity index (χ0n) is 9.49. The Bertz CT molecular complexity index is 464. The lowest BCUT2D eigenvalue weighted by atomic mass is 10.2. The van der Waals surface area contributed by atoms with Crippen molar-refractivity contribution in [2.24, 2.45) is 0 Å². The topological polar surface area (TPSA) is 21.3 Å². The number of ether oxygens (including phenoxy) is 1. The van der Waals surface area contributed by atoms with E-state index in [0.29, 0.717) is 0 Å². The van der Waals surface area contributed by atoms with Crippen LogP contribution in [0.3, 0.4) is 0 Å². The molecule has 2 aromatic rings. The van der Waals surface area contributed by atoms with Crippen LogP contribution in [0.5, 0.6) is 5.75 Å². The van der Waals surface area contributed by atoms with Gasteiger partial charge in [0.1, 0.15) is 5.75 Å². The number of benzene rings is 1. The first-order valence-corrected chi connectivity index (χ1v) is 6.18. The van der Waals surface area contributed by atoms with E-state index in [9.17, 15) is 0 Å². The molecular weight excluding hydrogens is 218 g/mol. The fraction of sp³-hybridized carbons (Fsp3) is 0.231. The van der Waals surface area contributed by atoms with Gasteiger partial charge in [0.25, 0.3) is 0 Å². The lowest BCUT2D eigenvalue weighted by Gasteiger charge is -2.02. The fourth-order valence-electron chi connectivity index (χ4n) is 1.56. The maximum absolute atomic E-state index is 5.22. The molecule has 0 aliphatic rings. The van der Waals surface area contributed by atoms with E-state index in [-0.39, 0.29) is 0 Å². The highest BCUT2D eigenvalue weighted by Crippen LogP contribution is 2.31. The third-order valence-electron chi connectivity index (χ3n) is 2.33. The number of hydrogen-bond acceptors (Lipinski definition) is 3. The molecule has 1 aromatic heterocycles. The van der Waals surface area contributed by atoms with Gasteiger partial charge in [-0.25, -0.2) is 0 Å². The molecule has 0 atom stereocenters. The molecule has 0 aliphatic carbocycles. The number of rotatable bonds is 4. The molecule has 1 heterocycles. The number of nitrogens with one attached hydrogen (secondary N) is 1. The van der Waals surface area contributed by atoms with E-state index in [1.807, 2.05) is 12.1 Å². The van der Waals surface area contributed by atoms with Gasteiger partial charge in [0, 0.05) is 22.5 Å². The SMILES string of the molecule is CCNc1csc(-c2cccc(OC)c2)c1. The quantitative estimate of drug-likeness (QED) is 0.866. The van der Waals surface area contributed by atoms with Gasteiger partial charge in [0.2, 0.25) is 0 Å². The van der Waals surface area contributed by atoms with Gasteiger partial charge in [-0.2, -0.15) is 0 Å². The largest absolute Gasteiger partial charge is 0.497 e. The van der Waals surface area contributed by atoms with Crippen LogP contribution in [0.25, 0.3) is 10.4 Å². The standard InChI is InChI=1S/C13H15NOS/c1-3-14-11-8-13(16-9-11)10-5-4-6-12(7-10)15-2/h4-9,14H,3H2,1-2H3. The molecule has 0 saturated heterocycles. The van der Waals surface area contributed by atoms with Crippen LogP contribution in [0.2, 0.25) is 0 Å². The molecule has 2 nitrogen and oxygen atoms in total. The summed E-state index contributed by atoms with van der Waals surface area (Å²) in [6.07, 6.45) is 0. The molecule has 2 rings (SSSR count). The van der Waals surface area contributed by atoms with Gasteiger partial charge in [-0.15, -0.1) is 11.3 Å². The lowest BCUT2D eigenvalue weighted by Crippen LogP contribution is -1.93.